The summed E-state index contributed by atoms with van der Waals surface area (Å²) in [6.45, 7) is 11.1. The highest BCUT2D eigenvalue weighted by atomic mass is 35.5. The van der Waals surface area contributed by atoms with Gasteiger partial charge in [-0.05, 0) is 80.1 Å². The third kappa shape index (κ3) is 9.71. The third-order valence-corrected chi connectivity index (χ3v) is 13.1. The summed E-state index contributed by atoms with van der Waals surface area (Å²) >= 11 is 12.7. The lowest BCUT2D eigenvalue weighted by atomic mass is 9.90. The summed E-state index contributed by atoms with van der Waals surface area (Å²) < 4.78 is 6.18. The fraction of sp³-hybridized carbons (Fsp3) is 0.422. The Morgan fingerprint density at radius 1 is 0.852 bits per heavy atom. The maximum absolute atomic E-state index is 13.6. The van der Waals surface area contributed by atoms with E-state index in [1.807, 2.05) is 41.0 Å². The van der Waals surface area contributed by atoms with Crippen LogP contribution in [0.2, 0.25) is 10.0 Å². The molecule has 61 heavy (non-hydrogen) atoms. The highest BCUT2D eigenvalue weighted by Crippen LogP contribution is 2.34. The van der Waals surface area contributed by atoms with Crippen molar-refractivity contribution >= 4 is 64.0 Å². The van der Waals surface area contributed by atoms with Gasteiger partial charge in [0.2, 0.25) is 17.5 Å². The zero-order chi connectivity index (χ0) is 42.6. The molecule has 4 fully saturated rings. The predicted octanol–water partition coefficient (Wildman–Crippen LogP) is 4.40. The number of imide groups is 1. The number of nitrogens with one attached hydrogen (secondary N) is 1. The molecule has 2 aromatic carbocycles. The van der Waals surface area contributed by atoms with Gasteiger partial charge in [0, 0.05) is 114 Å². The number of aromatic nitrogens is 2. The number of nitrogen functional groups attached to an aromatic ring is 1. The summed E-state index contributed by atoms with van der Waals surface area (Å²) in [7, 11) is 0. The van der Waals surface area contributed by atoms with Gasteiger partial charge in [0.25, 0.3) is 0 Å². The van der Waals surface area contributed by atoms with Crippen LogP contribution < -0.4 is 31.0 Å². The first kappa shape index (κ1) is 42.3. The average Bonchev–Trinajstić information content (AvgIpc) is 3.27. The number of nitrogens with zero attached hydrogens (tertiary/aromatic N) is 7. The average molecular weight is 869 g/mol. The quantitative estimate of drug-likeness (QED) is 0.118. The number of pyridine rings is 2. The van der Waals surface area contributed by atoms with Crippen LogP contribution in [0.3, 0.4) is 0 Å². The molecule has 8 rings (SSSR count). The second-order valence-corrected chi connectivity index (χ2v) is 17.2. The van der Waals surface area contributed by atoms with Crippen LogP contribution in [0, 0.1) is 5.92 Å². The molecule has 16 heteroatoms. The lowest BCUT2D eigenvalue weighted by Gasteiger charge is -2.41. The van der Waals surface area contributed by atoms with Crippen LogP contribution in [0.15, 0.2) is 73.2 Å². The van der Waals surface area contributed by atoms with E-state index in [4.69, 9.17) is 44.1 Å². The van der Waals surface area contributed by atoms with Crippen LogP contribution in [0.5, 0.6) is 5.75 Å². The number of ether oxygens (including phenoxy) is 1. The molecule has 4 aliphatic heterocycles. The van der Waals surface area contributed by atoms with Crippen LogP contribution in [-0.4, -0.2) is 120 Å². The highest BCUT2D eigenvalue weighted by Gasteiger charge is 2.31. The number of halogens is 2. The molecule has 14 nitrogen and oxygen atoms in total. The van der Waals surface area contributed by atoms with E-state index >= 15 is 0 Å². The number of anilines is 3. The maximum atomic E-state index is 13.6. The topological polar surface area (TPSA) is 166 Å². The van der Waals surface area contributed by atoms with E-state index < -0.39 is 6.10 Å². The molecule has 4 saturated heterocycles. The Kier molecular flexibility index (Phi) is 12.9. The Balaban J connectivity index is 0.759. The lowest BCUT2D eigenvalue weighted by Crippen LogP contribution is -2.55. The fourth-order valence-corrected chi connectivity index (χ4v) is 9.59. The minimum absolute atomic E-state index is 0.131. The maximum Gasteiger partial charge on any atom is 0.320 e. The number of hydrogen-bond acceptors (Lipinski definition) is 10. The third-order valence-electron chi connectivity index (χ3n) is 12.5. The van der Waals surface area contributed by atoms with Crippen molar-refractivity contribution in [2.75, 3.05) is 87.5 Å². The van der Waals surface area contributed by atoms with Gasteiger partial charge in [-0.3, -0.25) is 30.2 Å². The number of amides is 4. The first-order valence-electron chi connectivity index (χ1n) is 21.1. The Morgan fingerprint density at radius 2 is 1.52 bits per heavy atom. The number of carbonyl (C=O) groups excluding carboxylic acids is 3. The Labute approximate surface area is 366 Å². The van der Waals surface area contributed by atoms with Crippen molar-refractivity contribution in [1.82, 2.24) is 30.0 Å². The molecule has 1 unspecified atom stereocenters. The number of piperidine rings is 2. The fourth-order valence-electron chi connectivity index (χ4n) is 8.92. The van der Waals surface area contributed by atoms with Gasteiger partial charge in [0.15, 0.2) is 0 Å². The molecule has 0 bridgehead atoms. The SMILES string of the molecule is C[C@@H](Oc1ccc(N)c(C(=[NH2+])c2ccc(N3CCN(C(=O)N4CCC(CN5CCN(c6ccc(C7CCC(=O)NC7=O)cc6)CC5)CC4)CC3)nc2)c1)c1c(Cl)cncc1Cl. The zero-order valence-electron chi connectivity index (χ0n) is 34.4. The minimum Gasteiger partial charge on any atom is -0.486 e. The van der Waals surface area contributed by atoms with Gasteiger partial charge < -0.3 is 30.1 Å². The lowest BCUT2D eigenvalue weighted by molar-refractivity contribution is -0.134. The van der Waals surface area contributed by atoms with Gasteiger partial charge in [-0.1, -0.05) is 35.3 Å². The normalized spacial score (nSPS) is 19.8. The van der Waals surface area contributed by atoms with Crippen LogP contribution in [0.1, 0.15) is 66.9 Å². The van der Waals surface area contributed by atoms with Crippen molar-refractivity contribution in [1.29, 1.82) is 0 Å². The minimum atomic E-state index is -0.441. The van der Waals surface area contributed by atoms with Crippen LogP contribution in [0.25, 0.3) is 0 Å². The Morgan fingerprint density at radius 3 is 2.18 bits per heavy atom. The number of benzene rings is 2. The molecule has 2 aromatic heterocycles. The van der Waals surface area contributed by atoms with E-state index in [2.05, 4.69) is 37.1 Å². The molecule has 0 saturated carbocycles. The summed E-state index contributed by atoms with van der Waals surface area (Å²) in [5, 5.41) is 9.95. The van der Waals surface area contributed by atoms with Crippen molar-refractivity contribution in [3.8, 4) is 5.75 Å². The number of rotatable bonds is 10. The van der Waals surface area contributed by atoms with Crippen LogP contribution in [0.4, 0.5) is 22.0 Å². The summed E-state index contributed by atoms with van der Waals surface area (Å²) in [6, 6.07) is 17.6. The molecule has 4 aromatic rings. The van der Waals surface area contributed by atoms with E-state index in [0.29, 0.717) is 83.3 Å². The van der Waals surface area contributed by atoms with Crippen molar-refractivity contribution in [2.24, 2.45) is 5.92 Å². The Bertz CT molecular complexity index is 2220. The second kappa shape index (κ2) is 18.7. The zero-order valence-corrected chi connectivity index (χ0v) is 36.0. The largest absolute Gasteiger partial charge is 0.486 e. The van der Waals surface area contributed by atoms with E-state index in [1.54, 1.807) is 24.4 Å². The Hall–Kier alpha value is -5.44. The van der Waals surface area contributed by atoms with Gasteiger partial charge in [-0.15, -0.1) is 0 Å². The molecule has 2 atom stereocenters. The number of piperazine rings is 2. The predicted molar refractivity (Wildman–Crippen MR) is 237 cm³/mol. The number of likely N-dealkylation sites (tertiary alicyclic amines) is 1. The molecule has 0 radical (unpaired) electrons. The molecule has 4 amide bonds. The smallest absolute Gasteiger partial charge is 0.320 e. The molecule has 4 aliphatic rings. The van der Waals surface area contributed by atoms with Gasteiger partial charge in [0.1, 0.15) is 17.7 Å². The molecule has 5 N–H and O–H groups in total. The number of carbonyl (C=O) groups is 3. The van der Waals surface area contributed by atoms with Gasteiger partial charge in [-0.25, -0.2) is 9.78 Å². The number of hydrogen-bond donors (Lipinski definition) is 3. The van der Waals surface area contributed by atoms with E-state index in [1.165, 1.54) is 18.1 Å². The van der Waals surface area contributed by atoms with E-state index in [0.717, 1.165) is 75.6 Å². The van der Waals surface area contributed by atoms with Gasteiger partial charge in [-0.2, -0.15) is 0 Å². The summed E-state index contributed by atoms with van der Waals surface area (Å²) in [6.07, 6.45) is 7.36. The van der Waals surface area contributed by atoms with E-state index in [9.17, 15) is 14.4 Å². The molecule has 320 valence electrons. The molecular weight excluding hydrogens is 815 g/mol. The van der Waals surface area contributed by atoms with Crippen LogP contribution in [-0.2, 0) is 9.59 Å². The first-order valence-corrected chi connectivity index (χ1v) is 21.9. The monoisotopic (exact) mass is 867 g/mol. The number of nitrogens with two attached hydrogens (primary N) is 2. The van der Waals surface area contributed by atoms with Gasteiger partial charge in [0.05, 0.1) is 27.1 Å². The first-order chi connectivity index (χ1) is 29.5. The molecular formula is C45H53Cl2N10O4+. The van der Waals surface area contributed by atoms with Gasteiger partial charge >= 0.3 is 6.03 Å². The van der Waals surface area contributed by atoms with E-state index in [-0.39, 0.29) is 23.8 Å². The molecule has 0 spiro atoms. The second-order valence-electron chi connectivity index (χ2n) is 16.4. The van der Waals surface area contributed by atoms with Crippen LogP contribution >= 0.6 is 23.2 Å². The van der Waals surface area contributed by atoms with Crippen molar-refractivity contribution < 1.29 is 24.5 Å². The highest BCUT2D eigenvalue weighted by molar-refractivity contribution is 6.35. The number of urea groups is 1. The van der Waals surface area contributed by atoms with Crippen molar-refractivity contribution in [3.05, 3.63) is 105 Å². The summed E-state index contributed by atoms with van der Waals surface area (Å²) in [4.78, 5) is 57.4. The summed E-state index contributed by atoms with van der Waals surface area (Å²) in [5.41, 5.74) is 11.5. The van der Waals surface area contributed by atoms with Crippen molar-refractivity contribution in [3.63, 3.8) is 0 Å². The standard InChI is InChI=1S/C45H52Cl2N10O4/c1-29(42-37(46)26-50-27-38(42)47)61-34-7-9-39(48)36(24-34)43(49)32-4-10-40(51-25-32)55-20-22-57(23-21-55)45(60)56-14-12-30(13-15-56)28-53-16-18-54(19-17-53)33-5-2-31(3-6-33)35-8-11-41(58)52-44(35)59/h2-7,9-10,24-27,29-30,35,49H,8,11-23,28,48H2,1H3,(H,52,58,59)/p+1/t29-,35?/m1/s1. The van der Waals surface area contributed by atoms with Crippen molar-refractivity contribution in [2.45, 2.75) is 44.6 Å². The molecule has 0 aliphatic carbocycles. The summed E-state index contributed by atoms with van der Waals surface area (Å²) in [5.74, 6) is 1.33. The molecule has 6 heterocycles.